The van der Waals surface area contributed by atoms with E-state index in [9.17, 15) is 4.79 Å². The van der Waals surface area contributed by atoms with E-state index >= 15 is 0 Å². The summed E-state index contributed by atoms with van der Waals surface area (Å²) in [6.45, 7) is 1.90. The Balaban J connectivity index is 1.90. The molecule has 0 aliphatic carbocycles. The highest BCUT2D eigenvalue weighted by atomic mass is 32.1. The van der Waals surface area contributed by atoms with Crippen molar-refractivity contribution >= 4 is 51.4 Å². The molecule has 4 nitrogen and oxygen atoms in total. The van der Waals surface area contributed by atoms with Crippen LogP contribution in [0.1, 0.15) is 27.2 Å². The van der Waals surface area contributed by atoms with Gasteiger partial charge in [0, 0.05) is 21.3 Å². The summed E-state index contributed by atoms with van der Waals surface area (Å²) < 4.78 is 12.3. The molecule has 0 fully saturated rings. The van der Waals surface area contributed by atoms with E-state index in [-0.39, 0.29) is 0 Å². The summed E-state index contributed by atoms with van der Waals surface area (Å²) in [7, 11) is 1.64. The molecule has 3 aromatic rings. The highest BCUT2D eigenvalue weighted by molar-refractivity contribution is 7.71. The minimum atomic E-state index is -0.408. The van der Waals surface area contributed by atoms with Crippen molar-refractivity contribution in [2.75, 3.05) is 7.11 Å². The molecule has 3 heterocycles. The number of pyridine rings is 1. The molecule has 0 bridgehead atoms. The van der Waals surface area contributed by atoms with Crippen LogP contribution in [0.4, 0.5) is 0 Å². The Bertz CT molecular complexity index is 1080. The van der Waals surface area contributed by atoms with E-state index in [1.807, 2.05) is 42.6 Å². The third kappa shape index (κ3) is 2.35. The largest absolute Gasteiger partial charge is 0.497 e. The number of thiophene rings is 1. The van der Waals surface area contributed by atoms with Crippen LogP contribution in [0.15, 0.2) is 29.6 Å². The van der Waals surface area contributed by atoms with E-state index in [2.05, 4.69) is 4.98 Å². The van der Waals surface area contributed by atoms with Crippen LogP contribution in [0.5, 0.6) is 5.75 Å². The lowest BCUT2D eigenvalue weighted by molar-refractivity contribution is 0.0716. The summed E-state index contributed by atoms with van der Waals surface area (Å²) in [4.78, 5) is 15.1. The van der Waals surface area contributed by atoms with Crippen LogP contribution in [0, 0.1) is 11.6 Å². The fourth-order valence-electron chi connectivity index (χ4n) is 2.81. The molecule has 24 heavy (non-hydrogen) atoms. The smallest absolute Gasteiger partial charge is 0.347 e. The van der Waals surface area contributed by atoms with Gasteiger partial charge in [-0.3, -0.25) is 0 Å². The van der Waals surface area contributed by atoms with E-state index in [0.29, 0.717) is 16.0 Å². The fourth-order valence-corrected chi connectivity index (χ4v) is 4.06. The van der Waals surface area contributed by atoms with Crippen LogP contribution in [0.25, 0.3) is 21.9 Å². The van der Waals surface area contributed by atoms with Crippen molar-refractivity contribution in [1.29, 1.82) is 0 Å². The maximum absolute atomic E-state index is 12.1. The number of benzene rings is 1. The lowest BCUT2D eigenvalue weighted by atomic mass is 10.1. The Hall–Kier alpha value is -2.44. The van der Waals surface area contributed by atoms with Crippen molar-refractivity contribution in [1.82, 2.24) is 4.98 Å². The normalized spacial score (nSPS) is 14.9. The number of methoxy groups -OCH3 is 1. The zero-order valence-electron chi connectivity index (χ0n) is 13.0. The fraction of sp³-hybridized carbons (Fsp3) is 0.111. The summed E-state index contributed by atoms with van der Waals surface area (Å²) in [6.07, 6.45) is 1.89. The summed E-state index contributed by atoms with van der Waals surface area (Å²) in [5.74, 6) is 0.915. The molecule has 6 heteroatoms. The van der Waals surface area contributed by atoms with E-state index in [0.717, 1.165) is 32.7 Å². The van der Waals surface area contributed by atoms with Gasteiger partial charge in [0.1, 0.15) is 21.7 Å². The molecule has 0 unspecified atom stereocenters. The topological polar surface area (TPSA) is 51.3 Å². The number of nitrogens with one attached hydrogen (secondary N) is 1. The number of carbonyl (C=O) groups excluding carboxylic acids is 1. The molecule has 120 valence electrons. The molecule has 0 saturated heterocycles. The SMILES string of the molecule is COc1ccc2scc(/C=C3\OC(=O)c4c3cc(C)[nH]c4=S)c2c1. The quantitative estimate of drug-likeness (QED) is 0.522. The standard InChI is InChI=1S/C18H13NO3S2/c1-9-5-13-14(22-18(20)16(13)17(23)19-9)6-10-8-24-15-4-3-11(21-2)7-12(10)15/h3-8H,1-2H3,(H,19,23)/b14-6-. The van der Waals surface area contributed by atoms with Gasteiger partial charge in [-0.25, -0.2) is 4.79 Å². The van der Waals surface area contributed by atoms with E-state index in [4.69, 9.17) is 21.7 Å². The molecule has 1 aliphatic heterocycles. The number of fused-ring (bicyclic) bond motifs is 2. The zero-order valence-corrected chi connectivity index (χ0v) is 14.6. The number of rotatable bonds is 2. The first-order valence-corrected chi connectivity index (χ1v) is 8.59. The number of aromatic amines is 1. The second kappa shape index (κ2) is 5.58. The third-order valence-electron chi connectivity index (χ3n) is 3.94. The predicted molar refractivity (Wildman–Crippen MR) is 98.0 cm³/mol. The van der Waals surface area contributed by atoms with Gasteiger partial charge >= 0.3 is 5.97 Å². The molecular weight excluding hydrogens is 342 g/mol. The van der Waals surface area contributed by atoms with Crippen molar-refractivity contribution in [2.24, 2.45) is 0 Å². The summed E-state index contributed by atoms with van der Waals surface area (Å²) in [5.41, 5.74) is 3.04. The molecule has 1 aromatic carbocycles. The van der Waals surface area contributed by atoms with Crippen molar-refractivity contribution in [3.8, 4) is 5.75 Å². The van der Waals surface area contributed by atoms with Crippen molar-refractivity contribution < 1.29 is 14.3 Å². The minimum absolute atomic E-state index is 0.408. The molecule has 0 spiro atoms. The molecule has 1 N–H and O–H groups in total. The van der Waals surface area contributed by atoms with Gasteiger partial charge in [-0.05, 0) is 48.2 Å². The number of hydrogen-bond acceptors (Lipinski definition) is 5. The second-order valence-electron chi connectivity index (χ2n) is 5.52. The number of cyclic esters (lactones) is 1. The number of hydrogen-bond donors (Lipinski definition) is 1. The summed E-state index contributed by atoms with van der Waals surface area (Å²) >= 11 is 6.89. The lowest BCUT2D eigenvalue weighted by Crippen LogP contribution is -1.97. The summed E-state index contributed by atoms with van der Waals surface area (Å²) in [5, 5.41) is 3.11. The van der Waals surface area contributed by atoms with Gasteiger partial charge in [0.2, 0.25) is 0 Å². The van der Waals surface area contributed by atoms with Gasteiger partial charge < -0.3 is 14.5 Å². The van der Waals surface area contributed by atoms with Crippen LogP contribution in [-0.2, 0) is 4.74 Å². The highest BCUT2D eigenvalue weighted by Gasteiger charge is 2.28. The predicted octanol–water partition coefficient (Wildman–Crippen LogP) is 4.94. The number of aryl methyl sites for hydroxylation is 1. The Morgan fingerprint density at radius 2 is 2.17 bits per heavy atom. The van der Waals surface area contributed by atoms with E-state index in [1.54, 1.807) is 18.4 Å². The molecule has 4 rings (SSSR count). The lowest BCUT2D eigenvalue weighted by Gasteiger charge is -2.02. The van der Waals surface area contributed by atoms with Crippen molar-refractivity contribution in [3.63, 3.8) is 0 Å². The van der Waals surface area contributed by atoms with Crippen molar-refractivity contribution in [2.45, 2.75) is 6.92 Å². The van der Waals surface area contributed by atoms with Gasteiger partial charge in [0.15, 0.2) is 0 Å². The van der Waals surface area contributed by atoms with Crippen LogP contribution in [-0.4, -0.2) is 18.1 Å². The van der Waals surface area contributed by atoms with Crippen LogP contribution in [0.2, 0.25) is 0 Å². The Morgan fingerprint density at radius 1 is 1.33 bits per heavy atom. The Labute approximate surface area is 147 Å². The van der Waals surface area contributed by atoms with Gasteiger partial charge in [0.25, 0.3) is 0 Å². The molecule has 2 aromatic heterocycles. The first kappa shape index (κ1) is 15.1. The average molecular weight is 355 g/mol. The van der Waals surface area contributed by atoms with E-state index < -0.39 is 5.97 Å². The van der Waals surface area contributed by atoms with Crippen LogP contribution < -0.4 is 4.74 Å². The first-order valence-electron chi connectivity index (χ1n) is 7.30. The molecule has 1 aliphatic rings. The zero-order chi connectivity index (χ0) is 16.8. The molecular formula is C18H13NO3S2. The number of carbonyl (C=O) groups is 1. The first-order chi connectivity index (χ1) is 11.6. The molecule has 0 atom stereocenters. The van der Waals surface area contributed by atoms with E-state index in [1.165, 1.54) is 0 Å². The molecule has 0 radical (unpaired) electrons. The van der Waals surface area contributed by atoms with Gasteiger partial charge in [0.05, 0.1) is 7.11 Å². The maximum atomic E-state index is 12.1. The summed E-state index contributed by atoms with van der Waals surface area (Å²) in [6, 6.07) is 7.83. The van der Waals surface area contributed by atoms with Crippen LogP contribution in [0.3, 0.4) is 0 Å². The van der Waals surface area contributed by atoms with Gasteiger partial charge in [-0.15, -0.1) is 11.3 Å². The van der Waals surface area contributed by atoms with Gasteiger partial charge in [-0.1, -0.05) is 12.2 Å². The Morgan fingerprint density at radius 3 is 2.96 bits per heavy atom. The van der Waals surface area contributed by atoms with Crippen molar-refractivity contribution in [3.05, 3.63) is 56.7 Å². The number of H-pyrrole nitrogens is 1. The third-order valence-corrected chi connectivity index (χ3v) is 5.23. The van der Waals surface area contributed by atoms with Crippen LogP contribution >= 0.6 is 23.6 Å². The minimum Gasteiger partial charge on any atom is -0.497 e. The monoisotopic (exact) mass is 355 g/mol. The average Bonchev–Trinajstić information content (AvgIpc) is 3.09. The van der Waals surface area contributed by atoms with Gasteiger partial charge in [-0.2, -0.15) is 0 Å². The number of aromatic nitrogens is 1. The Kier molecular flexibility index (Phi) is 3.51. The molecule has 0 saturated carbocycles. The number of ether oxygens (including phenoxy) is 2. The number of esters is 1. The second-order valence-corrected chi connectivity index (χ2v) is 6.84. The molecule has 0 amide bonds. The maximum Gasteiger partial charge on any atom is 0.347 e. The highest BCUT2D eigenvalue weighted by Crippen LogP contribution is 2.36.